The Kier molecular flexibility index (Phi) is 5.78. The van der Waals surface area contributed by atoms with Crippen LogP contribution in [0, 0.1) is 6.92 Å². The van der Waals surface area contributed by atoms with Gasteiger partial charge in [0.2, 0.25) is 0 Å². The highest BCUT2D eigenvalue weighted by molar-refractivity contribution is 7.80. The molecule has 0 spiro atoms. The van der Waals surface area contributed by atoms with E-state index in [2.05, 4.69) is 25.8 Å². The number of hydrazone groups is 1. The molecule has 2 rings (SSSR count). The quantitative estimate of drug-likeness (QED) is 0.501. The van der Waals surface area contributed by atoms with E-state index in [9.17, 15) is 0 Å². The van der Waals surface area contributed by atoms with Crippen molar-refractivity contribution in [2.45, 2.75) is 13.3 Å². The third-order valence-corrected chi connectivity index (χ3v) is 2.90. The van der Waals surface area contributed by atoms with Crippen LogP contribution in [-0.4, -0.2) is 27.8 Å². The second kappa shape index (κ2) is 8.06. The topological polar surface area (TPSA) is 62.2 Å². The zero-order valence-electron chi connectivity index (χ0n) is 11.8. The fraction of sp³-hybridized carbons (Fsp3) is 0.200. The summed E-state index contributed by atoms with van der Waals surface area (Å²) in [6.45, 7) is 2.65. The molecule has 21 heavy (non-hydrogen) atoms. The Hall–Kier alpha value is -2.34. The molecule has 0 saturated carbocycles. The summed E-state index contributed by atoms with van der Waals surface area (Å²) in [7, 11) is 0. The van der Waals surface area contributed by atoms with Gasteiger partial charge < -0.3 is 5.32 Å². The molecule has 2 N–H and O–H groups in total. The SMILES string of the molecule is Cc1cccc(/C=N/NC(=S)NCCc2ccccn2)n1. The number of nitrogens with one attached hydrogen (secondary N) is 2. The second-order valence-electron chi connectivity index (χ2n) is 4.40. The molecule has 0 unspecified atom stereocenters. The van der Waals surface area contributed by atoms with Crippen LogP contribution >= 0.6 is 12.2 Å². The van der Waals surface area contributed by atoms with Gasteiger partial charge in [-0.25, -0.2) is 0 Å². The Balaban J connectivity index is 1.70. The number of pyridine rings is 2. The number of aryl methyl sites for hydroxylation is 1. The van der Waals surface area contributed by atoms with Crippen LogP contribution in [0.25, 0.3) is 0 Å². The number of hydrogen-bond acceptors (Lipinski definition) is 4. The molecule has 0 saturated heterocycles. The first-order valence-corrected chi connectivity index (χ1v) is 7.05. The Morgan fingerprint density at radius 2 is 2.19 bits per heavy atom. The lowest BCUT2D eigenvalue weighted by molar-refractivity contribution is 0.819. The van der Waals surface area contributed by atoms with E-state index in [4.69, 9.17) is 12.2 Å². The average molecular weight is 299 g/mol. The fourth-order valence-corrected chi connectivity index (χ4v) is 1.84. The minimum atomic E-state index is 0.481. The average Bonchev–Trinajstić information content (AvgIpc) is 2.48. The lowest BCUT2D eigenvalue weighted by Crippen LogP contribution is -2.33. The number of rotatable bonds is 5. The van der Waals surface area contributed by atoms with Gasteiger partial charge in [-0.3, -0.25) is 15.4 Å². The molecule has 0 aliphatic heterocycles. The van der Waals surface area contributed by atoms with Crippen LogP contribution in [0.1, 0.15) is 17.1 Å². The number of hydrogen-bond donors (Lipinski definition) is 2. The van der Waals surface area contributed by atoms with Crippen LogP contribution in [0.2, 0.25) is 0 Å². The smallest absolute Gasteiger partial charge is 0.186 e. The van der Waals surface area contributed by atoms with Gasteiger partial charge in [0.15, 0.2) is 5.11 Å². The van der Waals surface area contributed by atoms with Crippen molar-refractivity contribution in [3.63, 3.8) is 0 Å². The van der Waals surface area contributed by atoms with Crippen LogP contribution in [-0.2, 0) is 6.42 Å². The molecule has 2 heterocycles. The maximum atomic E-state index is 5.13. The van der Waals surface area contributed by atoms with Crippen molar-refractivity contribution in [1.29, 1.82) is 0 Å². The van der Waals surface area contributed by atoms with Crippen molar-refractivity contribution >= 4 is 23.5 Å². The van der Waals surface area contributed by atoms with Crippen molar-refractivity contribution in [2.75, 3.05) is 6.54 Å². The maximum Gasteiger partial charge on any atom is 0.186 e. The van der Waals surface area contributed by atoms with Gasteiger partial charge in [0, 0.05) is 30.6 Å². The first-order chi connectivity index (χ1) is 10.2. The van der Waals surface area contributed by atoms with Gasteiger partial charge in [-0.1, -0.05) is 12.1 Å². The van der Waals surface area contributed by atoms with Gasteiger partial charge in [0.25, 0.3) is 0 Å². The highest BCUT2D eigenvalue weighted by Gasteiger charge is 1.95. The van der Waals surface area contributed by atoms with E-state index >= 15 is 0 Å². The molecule has 108 valence electrons. The van der Waals surface area contributed by atoms with E-state index in [0.29, 0.717) is 11.7 Å². The van der Waals surface area contributed by atoms with Crippen LogP contribution < -0.4 is 10.7 Å². The molecule has 0 aliphatic rings. The molecule has 0 aliphatic carbocycles. The lowest BCUT2D eigenvalue weighted by atomic mass is 10.3. The summed E-state index contributed by atoms with van der Waals surface area (Å²) in [6, 6.07) is 11.6. The van der Waals surface area contributed by atoms with E-state index in [1.807, 2.05) is 43.3 Å². The van der Waals surface area contributed by atoms with E-state index < -0.39 is 0 Å². The molecule has 0 radical (unpaired) electrons. The van der Waals surface area contributed by atoms with Crippen LogP contribution in [0.4, 0.5) is 0 Å². The summed E-state index contributed by atoms with van der Waals surface area (Å²) < 4.78 is 0. The molecule has 2 aromatic rings. The Bertz CT molecular complexity index is 612. The monoisotopic (exact) mass is 299 g/mol. The number of nitrogens with zero attached hydrogens (tertiary/aromatic N) is 3. The van der Waals surface area contributed by atoms with Crippen molar-refractivity contribution in [3.05, 3.63) is 59.7 Å². The zero-order chi connectivity index (χ0) is 14.9. The van der Waals surface area contributed by atoms with E-state index in [0.717, 1.165) is 23.5 Å². The van der Waals surface area contributed by atoms with Gasteiger partial charge in [0.05, 0.1) is 11.9 Å². The highest BCUT2D eigenvalue weighted by atomic mass is 32.1. The summed E-state index contributed by atoms with van der Waals surface area (Å²) in [5.74, 6) is 0. The molecular formula is C15H17N5S. The molecule has 6 heteroatoms. The largest absolute Gasteiger partial charge is 0.361 e. The Labute approximate surface area is 129 Å². The third kappa shape index (κ3) is 5.66. The molecule has 2 aromatic heterocycles. The Morgan fingerprint density at radius 1 is 1.29 bits per heavy atom. The van der Waals surface area contributed by atoms with Crippen molar-refractivity contribution in [1.82, 2.24) is 20.7 Å². The van der Waals surface area contributed by atoms with E-state index in [1.165, 1.54) is 0 Å². The van der Waals surface area contributed by atoms with E-state index in [1.54, 1.807) is 12.4 Å². The molecular weight excluding hydrogens is 282 g/mol. The van der Waals surface area contributed by atoms with Crippen LogP contribution in [0.15, 0.2) is 47.7 Å². The van der Waals surface area contributed by atoms with Crippen LogP contribution in [0.3, 0.4) is 0 Å². The normalized spacial score (nSPS) is 10.5. The minimum absolute atomic E-state index is 0.481. The summed E-state index contributed by atoms with van der Waals surface area (Å²) in [5, 5.41) is 7.61. The van der Waals surface area contributed by atoms with E-state index in [-0.39, 0.29) is 0 Å². The highest BCUT2D eigenvalue weighted by Crippen LogP contribution is 1.94. The molecule has 5 nitrogen and oxygen atoms in total. The molecule has 0 amide bonds. The van der Waals surface area contributed by atoms with Gasteiger partial charge in [0.1, 0.15) is 0 Å². The van der Waals surface area contributed by atoms with Gasteiger partial charge in [-0.2, -0.15) is 5.10 Å². The van der Waals surface area contributed by atoms with Crippen molar-refractivity contribution in [3.8, 4) is 0 Å². The summed E-state index contributed by atoms with van der Waals surface area (Å²) in [4.78, 5) is 8.55. The Morgan fingerprint density at radius 3 is 2.95 bits per heavy atom. The first kappa shape index (κ1) is 15.1. The standard InChI is InChI=1S/C15H17N5S/c1-12-5-4-7-14(19-12)11-18-20-15(21)17-10-8-13-6-2-3-9-16-13/h2-7,9,11H,8,10H2,1H3,(H2,17,20,21)/b18-11+. The predicted octanol–water partition coefficient (Wildman–Crippen LogP) is 1.83. The molecule has 0 fully saturated rings. The zero-order valence-corrected chi connectivity index (χ0v) is 12.6. The maximum absolute atomic E-state index is 5.13. The summed E-state index contributed by atoms with van der Waals surface area (Å²) >= 11 is 5.13. The van der Waals surface area contributed by atoms with Gasteiger partial charge >= 0.3 is 0 Å². The fourth-order valence-electron chi connectivity index (χ4n) is 1.68. The number of aromatic nitrogens is 2. The van der Waals surface area contributed by atoms with Crippen molar-refractivity contribution in [2.24, 2.45) is 5.10 Å². The van der Waals surface area contributed by atoms with Crippen molar-refractivity contribution < 1.29 is 0 Å². The second-order valence-corrected chi connectivity index (χ2v) is 4.81. The minimum Gasteiger partial charge on any atom is -0.361 e. The molecule has 0 aromatic carbocycles. The first-order valence-electron chi connectivity index (χ1n) is 6.64. The van der Waals surface area contributed by atoms with Crippen LogP contribution in [0.5, 0.6) is 0 Å². The predicted molar refractivity (Wildman–Crippen MR) is 88.2 cm³/mol. The third-order valence-electron chi connectivity index (χ3n) is 2.67. The summed E-state index contributed by atoms with van der Waals surface area (Å²) in [5.41, 5.74) is 5.54. The summed E-state index contributed by atoms with van der Waals surface area (Å²) in [6.07, 6.45) is 4.23. The lowest BCUT2D eigenvalue weighted by Gasteiger charge is -2.06. The number of thiocarbonyl (C=S) groups is 1. The van der Waals surface area contributed by atoms with Gasteiger partial charge in [-0.15, -0.1) is 0 Å². The van der Waals surface area contributed by atoms with Gasteiger partial charge in [-0.05, 0) is 43.4 Å². The molecule has 0 atom stereocenters. The molecule has 0 bridgehead atoms.